The Morgan fingerprint density at radius 2 is 2.04 bits per heavy atom. The molecule has 1 atom stereocenters. The van der Waals surface area contributed by atoms with Gasteiger partial charge in [-0.15, -0.1) is 0 Å². The molecule has 3 rings (SSSR count). The average molecular weight is 312 g/mol. The molecule has 1 aliphatic rings. The van der Waals surface area contributed by atoms with Gasteiger partial charge in [-0.25, -0.2) is 4.68 Å². The van der Waals surface area contributed by atoms with E-state index >= 15 is 0 Å². The van der Waals surface area contributed by atoms with Crippen LogP contribution in [0.15, 0.2) is 35.1 Å². The van der Waals surface area contributed by atoms with Gasteiger partial charge in [-0.2, -0.15) is 5.10 Å². The minimum Gasteiger partial charge on any atom is -0.346 e. The van der Waals surface area contributed by atoms with Crippen molar-refractivity contribution in [1.82, 2.24) is 20.1 Å². The third kappa shape index (κ3) is 3.83. The Hall–Kier alpha value is -2.50. The lowest BCUT2D eigenvalue weighted by Crippen LogP contribution is -2.36. The number of hydrogen-bond donors (Lipinski definition) is 1. The second-order valence-electron chi connectivity index (χ2n) is 6.06. The second kappa shape index (κ2) is 6.32. The first-order valence-corrected chi connectivity index (χ1v) is 7.80. The van der Waals surface area contributed by atoms with Gasteiger partial charge >= 0.3 is 0 Å². The Morgan fingerprint density at radius 3 is 2.74 bits per heavy atom. The van der Waals surface area contributed by atoms with Crippen LogP contribution < -0.4 is 10.9 Å². The third-order valence-corrected chi connectivity index (χ3v) is 3.93. The lowest BCUT2D eigenvalue weighted by Gasteiger charge is -2.18. The summed E-state index contributed by atoms with van der Waals surface area (Å²) in [6, 6.07) is 8.80. The second-order valence-corrected chi connectivity index (χ2v) is 6.06. The van der Waals surface area contributed by atoms with E-state index in [1.54, 1.807) is 13.0 Å². The number of rotatable bonds is 5. The first-order valence-electron chi connectivity index (χ1n) is 7.80. The smallest absolute Gasteiger partial charge is 0.267 e. The summed E-state index contributed by atoms with van der Waals surface area (Å²) in [4.78, 5) is 28.6. The van der Waals surface area contributed by atoms with Crippen LogP contribution in [0.4, 0.5) is 0 Å². The number of aromatic nitrogens is 3. The normalized spacial score (nSPS) is 15.2. The van der Waals surface area contributed by atoms with Crippen molar-refractivity contribution < 1.29 is 4.79 Å². The average Bonchev–Trinajstić information content (AvgIpc) is 3.33. The van der Waals surface area contributed by atoms with Gasteiger partial charge in [-0.05, 0) is 50.8 Å². The highest BCUT2D eigenvalue weighted by Crippen LogP contribution is 2.40. The van der Waals surface area contributed by atoms with Crippen LogP contribution in [0.1, 0.15) is 36.0 Å². The number of carbonyl (C=O) groups is 1. The van der Waals surface area contributed by atoms with E-state index in [0.717, 1.165) is 24.2 Å². The van der Waals surface area contributed by atoms with Gasteiger partial charge < -0.3 is 5.32 Å². The molecule has 0 aliphatic heterocycles. The summed E-state index contributed by atoms with van der Waals surface area (Å²) in [7, 11) is 0. The van der Waals surface area contributed by atoms with Crippen LogP contribution in [-0.2, 0) is 11.3 Å². The molecule has 0 spiro atoms. The van der Waals surface area contributed by atoms with Crippen molar-refractivity contribution in [1.29, 1.82) is 0 Å². The first kappa shape index (κ1) is 15.4. The van der Waals surface area contributed by atoms with Crippen molar-refractivity contribution >= 4 is 5.91 Å². The number of pyridine rings is 1. The van der Waals surface area contributed by atoms with E-state index in [0.29, 0.717) is 11.6 Å². The molecule has 0 aromatic carbocycles. The molecule has 6 heteroatoms. The van der Waals surface area contributed by atoms with Gasteiger partial charge in [0, 0.05) is 11.8 Å². The molecular formula is C17H20N4O2. The molecule has 1 fully saturated rings. The van der Waals surface area contributed by atoms with Gasteiger partial charge in [-0.1, -0.05) is 6.07 Å². The fourth-order valence-corrected chi connectivity index (χ4v) is 2.62. The number of nitrogens with zero attached hydrogens (tertiary/aromatic N) is 3. The van der Waals surface area contributed by atoms with E-state index in [1.165, 1.54) is 10.7 Å². The van der Waals surface area contributed by atoms with E-state index in [4.69, 9.17) is 0 Å². The Morgan fingerprint density at radius 1 is 1.26 bits per heavy atom. The number of nitrogens with one attached hydrogen (secondary N) is 1. The molecule has 0 bridgehead atoms. The molecule has 1 amide bonds. The molecule has 2 aromatic heterocycles. The summed E-state index contributed by atoms with van der Waals surface area (Å²) in [6.07, 6.45) is 2.17. The summed E-state index contributed by atoms with van der Waals surface area (Å²) >= 11 is 0. The Balaban J connectivity index is 1.74. The van der Waals surface area contributed by atoms with Crippen molar-refractivity contribution in [2.75, 3.05) is 0 Å². The maximum absolute atomic E-state index is 12.3. The largest absolute Gasteiger partial charge is 0.346 e. The van der Waals surface area contributed by atoms with Crippen LogP contribution in [-0.4, -0.2) is 20.7 Å². The maximum atomic E-state index is 12.3. The van der Waals surface area contributed by atoms with Crippen LogP contribution in [0.2, 0.25) is 0 Å². The van der Waals surface area contributed by atoms with E-state index in [2.05, 4.69) is 15.4 Å². The van der Waals surface area contributed by atoms with Crippen LogP contribution >= 0.6 is 0 Å². The number of amides is 1. The predicted molar refractivity (Wildman–Crippen MR) is 85.8 cm³/mol. The quantitative estimate of drug-likeness (QED) is 0.908. The standard InChI is InChI=1S/C17H20N4O2/c1-11-4-3-5-14(18-11)17(13-7-8-13)19-15(22)10-21-16(23)9-6-12(2)20-21/h3-6,9,13,17H,7-8,10H2,1-2H3,(H,19,22)/t17-/m0/s1. The van der Waals surface area contributed by atoms with E-state index < -0.39 is 0 Å². The predicted octanol–water partition coefficient (Wildman–Crippen LogP) is 1.52. The lowest BCUT2D eigenvalue weighted by molar-refractivity contribution is -0.122. The van der Waals surface area contributed by atoms with Crippen molar-refractivity contribution in [3.05, 3.63) is 57.8 Å². The zero-order valence-electron chi connectivity index (χ0n) is 13.3. The SMILES string of the molecule is Cc1cccc([C@@H](NC(=O)Cn2nc(C)ccc2=O)C2CC2)n1. The zero-order valence-corrected chi connectivity index (χ0v) is 13.3. The Kier molecular flexibility index (Phi) is 4.23. The van der Waals surface area contributed by atoms with Gasteiger partial charge in [0.15, 0.2) is 0 Å². The van der Waals surface area contributed by atoms with Crippen molar-refractivity contribution in [3.63, 3.8) is 0 Å². The summed E-state index contributed by atoms with van der Waals surface area (Å²) in [5, 5.41) is 7.11. The van der Waals surface area contributed by atoms with Crippen LogP contribution in [0.25, 0.3) is 0 Å². The highest BCUT2D eigenvalue weighted by Gasteiger charge is 2.34. The molecule has 0 unspecified atom stereocenters. The number of carbonyl (C=O) groups excluding carboxylic acids is 1. The number of aryl methyl sites for hydroxylation is 2. The van der Waals surface area contributed by atoms with Gasteiger partial charge in [0.05, 0.1) is 17.4 Å². The topological polar surface area (TPSA) is 76.9 Å². The minimum atomic E-state index is -0.276. The molecule has 2 aromatic rings. The van der Waals surface area contributed by atoms with Gasteiger partial charge in [0.2, 0.25) is 5.91 Å². The van der Waals surface area contributed by atoms with Crippen molar-refractivity contribution in [2.45, 2.75) is 39.3 Å². The summed E-state index contributed by atoms with van der Waals surface area (Å²) in [5.74, 6) is 0.209. The fourth-order valence-electron chi connectivity index (χ4n) is 2.62. The Labute approximate surface area is 134 Å². The van der Waals surface area contributed by atoms with Crippen LogP contribution in [0.3, 0.4) is 0 Å². The van der Waals surface area contributed by atoms with Crippen molar-refractivity contribution in [3.8, 4) is 0 Å². The maximum Gasteiger partial charge on any atom is 0.267 e. The molecule has 23 heavy (non-hydrogen) atoms. The molecule has 6 nitrogen and oxygen atoms in total. The van der Waals surface area contributed by atoms with E-state index in [1.807, 2.05) is 25.1 Å². The first-order chi connectivity index (χ1) is 11.0. The molecular weight excluding hydrogens is 292 g/mol. The number of hydrogen-bond acceptors (Lipinski definition) is 4. The van der Waals surface area contributed by atoms with Crippen molar-refractivity contribution in [2.24, 2.45) is 5.92 Å². The fraction of sp³-hybridized carbons (Fsp3) is 0.412. The summed E-state index contributed by atoms with van der Waals surface area (Å²) in [5.41, 5.74) is 2.24. The zero-order chi connectivity index (χ0) is 16.4. The molecule has 2 heterocycles. The molecule has 120 valence electrons. The van der Waals surface area contributed by atoms with Gasteiger partial charge in [0.1, 0.15) is 6.54 Å². The summed E-state index contributed by atoms with van der Waals surface area (Å²) in [6.45, 7) is 3.65. The van der Waals surface area contributed by atoms with Gasteiger partial charge in [-0.3, -0.25) is 14.6 Å². The highest BCUT2D eigenvalue weighted by atomic mass is 16.2. The van der Waals surface area contributed by atoms with Crippen LogP contribution in [0, 0.1) is 19.8 Å². The molecule has 1 N–H and O–H groups in total. The molecule has 0 saturated heterocycles. The summed E-state index contributed by atoms with van der Waals surface area (Å²) < 4.78 is 1.19. The molecule has 0 radical (unpaired) electrons. The monoisotopic (exact) mass is 312 g/mol. The Bertz CT molecular complexity index is 780. The minimum absolute atomic E-state index is 0.0739. The molecule has 1 saturated carbocycles. The highest BCUT2D eigenvalue weighted by molar-refractivity contribution is 5.76. The van der Waals surface area contributed by atoms with Crippen LogP contribution in [0.5, 0.6) is 0 Å². The molecule has 1 aliphatic carbocycles. The lowest BCUT2D eigenvalue weighted by atomic mass is 10.1. The van der Waals surface area contributed by atoms with E-state index in [9.17, 15) is 9.59 Å². The third-order valence-electron chi connectivity index (χ3n) is 3.93. The van der Waals surface area contributed by atoms with E-state index in [-0.39, 0.29) is 24.1 Å². The van der Waals surface area contributed by atoms with Gasteiger partial charge in [0.25, 0.3) is 5.56 Å².